The molecule has 2 aromatic rings. The van der Waals surface area contributed by atoms with Gasteiger partial charge in [0.05, 0.1) is 5.92 Å². The Morgan fingerprint density at radius 3 is 2.62 bits per heavy atom. The van der Waals surface area contributed by atoms with Crippen LogP contribution in [0.5, 0.6) is 0 Å². The van der Waals surface area contributed by atoms with Crippen molar-refractivity contribution in [1.29, 1.82) is 0 Å². The highest BCUT2D eigenvalue weighted by atomic mass is 19.4. The molecule has 2 aromatic carbocycles. The van der Waals surface area contributed by atoms with Gasteiger partial charge in [0.2, 0.25) is 0 Å². The van der Waals surface area contributed by atoms with Crippen molar-refractivity contribution in [3.8, 4) is 0 Å². The number of alkyl halides is 3. The highest BCUT2D eigenvalue weighted by molar-refractivity contribution is 6.07. The molecule has 2 aliphatic carbocycles. The number of amides is 1. The predicted molar refractivity (Wildman–Crippen MR) is 93.8 cm³/mol. The van der Waals surface area contributed by atoms with Crippen molar-refractivity contribution in [2.45, 2.75) is 25.4 Å². The summed E-state index contributed by atoms with van der Waals surface area (Å²) >= 11 is 0. The molecule has 1 amide bonds. The van der Waals surface area contributed by atoms with E-state index in [0.717, 1.165) is 17.2 Å². The van der Waals surface area contributed by atoms with E-state index >= 15 is 0 Å². The largest absolute Gasteiger partial charge is 0.392 e. The Hall–Kier alpha value is -2.37. The summed E-state index contributed by atoms with van der Waals surface area (Å²) in [6.45, 7) is 0. The Labute approximate surface area is 149 Å². The van der Waals surface area contributed by atoms with Gasteiger partial charge in [0.25, 0.3) is 5.91 Å². The second kappa shape index (κ2) is 6.41. The summed E-state index contributed by atoms with van der Waals surface area (Å²) in [7, 11) is 0. The zero-order chi connectivity index (χ0) is 18.3. The second-order valence-corrected chi connectivity index (χ2v) is 7.29. The average molecular weight is 360 g/mol. The van der Waals surface area contributed by atoms with E-state index in [4.69, 9.17) is 0 Å². The third kappa shape index (κ3) is 3.08. The molecule has 0 heterocycles. The van der Waals surface area contributed by atoms with Crippen LogP contribution in [0.15, 0.2) is 47.6 Å². The van der Waals surface area contributed by atoms with Gasteiger partial charge in [-0.1, -0.05) is 36.4 Å². The third-order valence-electron chi connectivity index (χ3n) is 5.75. The van der Waals surface area contributed by atoms with Crippen molar-refractivity contribution in [2.24, 2.45) is 28.8 Å². The summed E-state index contributed by atoms with van der Waals surface area (Å²) in [4.78, 5) is 12.4. The molecule has 0 saturated heterocycles. The van der Waals surface area contributed by atoms with E-state index < -0.39 is 18.0 Å². The molecule has 0 unspecified atom stereocenters. The highest BCUT2D eigenvalue weighted by Crippen LogP contribution is 2.56. The summed E-state index contributed by atoms with van der Waals surface area (Å²) in [6.07, 6.45) is -1.06. The molecule has 2 bridgehead atoms. The fraction of sp³-hybridized carbons (Fsp3) is 0.400. The van der Waals surface area contributed by atoms with Gasteiger partial charge in [-0.2, -0.15) is 18.3 Å². The summed E-state index contributed by atoms with van der Waals surface area (Å²) in [6, 6.07) is 13.0. The van der Waals surface area contributed by atoms with Gasteiger partial charge >= 0.3 is 6.18 Å². The number of halogens is 3. The van der Waals surface area contributed by atoms with Crippen molar-refractivity contribution < 1.29 is 18.0 Å². The van der Waals surface area contributed by atoms with Crippen LogP contribution < -0.4 is 5.43 Å². The SMILES string of the molecule is O=C(N/N=C\[C@@H]1C[C@@H]2C[C@H]1[C@H](C(F)(F)F)C2)c1cccc2ccccc12. The van der Waals surface area contributed by atoms with Crippen molar-refractivity contribution in [3.05, 3.63) is 48.0 Å². The number of hydrogen-bond donors (Lipinski definition) is 1. The normalized spacial score (nSPS) is 28.1. The van der Waals surface area contributed by atoms with Crippen LogP contribution in [0.1, 0.15) is 29.6 Å². The van der Waals surface area contributed by atoms with E-state index in [1.807, 2.05) is 30.3 Å². The van der Waals surface area contributed by atoms with Gasteiger partial charge in [0.15, 0.2) is 0 Å². The maximum Gasteiger partial charge on any atom is 0.392 e. The van der Waals surface area contributed by atoms with Gasteiger partial charge in [-0.05, 0) is 53.9 Å². The average Bonchev–Trinajstić information content (AvgIpc) is 3.21. The van der Waals surface area contributed by atoms with Crippen molar-refractivity contribution in [3.63, 3.8) is 0 Å². The van der Waals surface area contributed by atoms with Gasteiger partial charge < -0.3 is 0 Å². The number of rotatable bonds is 3. The summed E-state index contributed by atoms with van der Waals surface area (Å²) < 4.78 is 39.3. The maximum absolute atomic E-state index is 13.1. The molecular weight excluding hydrogens is 341 g/mol. The van der Waals surface area contributed by atoms with Crippen LogP contribution in [0.4, 0.5) is 13.2 Å². The molecule has 6 heteroatoms. The standard InChI is InChI=1S/C20H19F3N2O/c21-20(22,23)18-10-12-8-14(17(18)9-12)11-24-25-19(26)16-7-3-5-13-4-1-2-6-15(13)16/h1-7,11-12,14,17-18H,8-10H2,(H,25,26)/b24-11-/t12-,14+,17-,18-/m1/s1. The van der Waals surface area contributed by atoms with E-state index in [9.17, 15) is 18.0 Å². The van der Waals surface area contributed by atoms with Crippen molar-refractivity contribution in [1.82, 2.24) is 5.43 Å². The Balaban J connectivity index is 1.45. The lowest BCUT2D eigenvalue weighted by Crippen LogP contribution is -2.33. The molecule has 0 aromatic heterocycles. The van der Waals surface area contributed by atoms with Crippen LogP contribution in [0, 0.1) is 23.7 Å². The molecule has 0 spiro atoms. The summed E-state index contributed by atoms with van der Waals surface area (Å²) in [5.41, 5.74) is 2.98. The van der Waals surface area contributed by atoms with Crippen molar-refractivity contribution >= 4 is 22.9 Å². The van der Waals surface area contributed by atoms with Crippen LogP contribution in [0.25, 0.3) is 10.8 Å². The smallest absolute Gasteiger partial charge is 0.267 e. The monoisotopic (exact) mass is 360 g/mol. The van der Waals surface area contributed by atoms with Gasteiger partial charge in [0.1, 0.15) is 0 Å². The van der Waals surface area contributed by atoms with E-state index in [-0.39, 0.29) is 24.2 Å². The first-order chi connectivity index (χ1) is 12.4. The fourth-order valence-electron chi connectivity index (χ4n) is 4.63. The number of fused-ring (bicyclic) bond motifs is 3. The zero-order valence-electron chi connectivity index (χ0n) is 14.0. The molecule has 2 saturated carbocycles. The van der Waals surface area contributed by atoms with E-state index in [2.05, 4.69) is 10.5 Å². The van der Waals surface area contributed by atoms with Gasteiger partial charge in [0, 0.05) is 11.8 Å². The minimum atomic E-state index is -4.14. The van der Waals surface area contributed by atoms with E-state index in [0.29, 0.717) is 12.0 Å². The van der Waals surface area contributed by atoms with Gasteiger partial charge in [-0.25, -0.2) is 5.43 Å². The number of hydrazone groups is 1. The fourth-order valence-corrected chi connectivity index (χ4v) is 4.63. The first kappa shape index (κ1) is 17.1. The Kier molecular flexibility index (Phi) is 4.21. The predicted octanol–water partition coefficient (Wildman–Crippen LogP) is 4.78. The number of benzene rings is 2. The first-order valence-electron chi connectivity index (χ1n) is 8.81. The number of nitrogens with one attached hydrogen (secondary N) is 1. The number of carbonyl (C=O) groups excluding carboxylic acids is 1. The molecule has 0 aliphatic heterocycles. The maximum atomic E-state index is 13.1. The topological polar surface area (TPSA) is 41.5 Å². The van der Waals surface area contributed by atoms with Crippen molar-refractivity contribution in [2.75, 3.05) is 0 Å². The molecule has 2 aliphatic rings. The van der Waals surface area contributed by atoms with Crippen LogP contribution in [-0.2, 0) is 0 Å². The minimum absolute atomic E-state index is 0.122. The quantitative estimate of drug-likeness (QED) is 0.621. The van der Waals surface area contributed by atoms with E-state index in [1.54, 1.807) is 12.1 Å². The second-order valence-electron chi connectivity index (χ2n) is 7.29. The molecule has 4 atom stereocenters. The molecule has 136 valence electrons. The Morgan fingerprint density at radius 2 is 1.85 bits per heavy atom. The Morgan fingerprint density at radius 1 is 1.08 bits per heavy atom. The molecule has 26 heavy (non-hydrogen) atoms. The van der Waals surface area contributed by atoms with Gasteiger partial charge in [-0.3, -0.25) is 4.79 Å². The Bertz CT molecular complexity index is 856. The molecule has 1 N–H and O–H groups in total. The number of carbonyl (C=O) groups is 1. The molecule has 0 radical (unpaired) electrons. The lowest BCUT2D eigenvalue weighted by atomic mass is 9.81. The number of nitrogens with zero attached hydrogens (tertiary/aromatic N) is 1. The van der Waals surface area contributed by atoms with E-state index in [1.165, 1.54) is 6.21 Å². The van der Waals surface area contributed by atoms with Gasteiger partial charge in [-0.15, -0.1) is 0 Å². The first-order valence-corrected chi connectivity index (χ1v) is 8.81. The number of hydrogen-bond acceptors (Lipinski definition) is 2. The summed E-state index contributed by atoms with van der Waals surface area (Å²) in [5.74, 6) is -2.08. The third-order valence-corrected chi connectivity index (χ3v) is 5.75. The molecule has 4 rings (SSSR count). The summed E-state index contributed by atoms with van der Waals surface area (Å²) in [5, 5.41) is 5.75. The highest BCUT2D eigenvalue weighted by Gasteiger charge is 2.56. The minimum Gasteiger partial charge on any atom is -0.267 e. The van der Waals surface area contributed by atoms with Crippen LogP contribution in [0.3, 0.4) is 0 Å². The van der Waals surface area contributed by atoms with Crippen LogP contribution >= 0.6 is 0 Å². The molecule has 2 fully saturated rings. The zero-order valence-corrected chi connectivity index (χ0v) is 14.0. The molecule has 3 nitrogen and oxygen atoms in total. The molecular formula is C20H19F3N2O. The lowest BCUT2D eigenvalue weighted by molar-refractivity contribution is -0.189. The van der Waals surface area contributed by atoms with Crippen LogP contribution in [-0.4, -0.2) is 18.3 Å². The van der Waals surface area contributed by atoms with Crippen LogP contribution in [0.2, 0.25) is 0 Å². The lowest BCUT2D eigenvalue weighted by Gasteiger charge is -2.28.